The van der Waals surface area contributed by atoms with E-state index in [1.165, 1.54) is 12.1 Å². The molecule has 21 heavy (non-hydrogen) atoms. The van der Waals surface area contributed by atoms with Crippen molar-refractivity contribution in [3.05, 3.63) is 46.9 Å². The number of carbonyl (C=O) groups excluding carboxylic acids is 1. The first-order valence-electron chi connectivity index (χ1n) is 7.08. The van der Waals surface area contributed by atoms with Crippen molar-refractivity contribution >= 4 is 11.5 Å². The van der Waals surface area contributed by atoms with E-state index in [0.29, 0.717) is 23.3 Å². The number of nitriles is 1. The average molecular weight is 282 g/mol. The number of halogens is 1. The van der Waals surface area contributed by atoms with Crippen molar-refractivity contribution in [3.8, 4) is 6.07 Å². The Morgan fingerprint density at radius 1 is 1.38 bits per heavy atom. The van der Waals surface area contributed by atoms with Gasteiger partial charge in [0.05, 0.1) is 12.0 Å². The van der Waals surface area contributed by atoms with Crippen LogP contribution in [0.3, 0.4) is 0 Å². The summed E-state index contributed by atoms with van der Waals surface area (Å²) in [6.07, 6.45) is 2.03. The Bertz CT molecular complexity index is 712. The van der Waals surface area contributed by atoms with E-state index in [1.807, 2.05) is 6.92 Å². The molecular weight excluding hydrogens is 267 g/mol. The number of aliphatic imine (C=N–C) groups is 1. The van der Waals surface area contributed by atoms with Gasteiger partial charge in [-0.3, -0.25) is 9.79 Å². The second-order valence-corrected chi connectivity index (χ2v) is 5.53. The molecule has 1 aliphatic carbocycles. The van der Waals surface area contributed by atoms with Crippen molar-refractivity contribution in [1.29, 1.82) is 5.26 Å². The number of nitrogens with zero attached hydrogens (tertiary/aromatic N) is 2. The molecule has 1 unspecified atom stereocenters. The fourth-order valence-electron chi connectivity index (χ4n) is 3.23. The van der Waals surface area contributed by atoms with Crippen molar-refractivity contribution in [3.63, 3.8) is 0 Å². The summed E-state index contributed by atoms with van der Waals surface area (Å²) in [6, 6.07) is 8.42. The molecule has 0 spiro atoms. The molecule has 4 heteroatoms. The van der Waals surface area contributed by atoms with Crippen molar-refractivity contribution < 1.29 is 9.18 Å². The minimum atomic E-state index is -0.507. The Labute approximate surface area is 122 Å². The number of hydrogen-bond donors (Lipinski definition) is 0. The third kappa shape index (κ3) is 2.29. The van der Waals surface area contributed by atoms with Crippen molar-refractivity contribution in [2.24, 2.45) is 10.9 Å². The van der Waals surface area contributed by atoms with Gasteiger partial charge in [-0.25, -0.2) is 4.39 Å². The van der Waals surface area contributed by atoms with Crippen LogP contribution in [0.15, 0.2) is 40.5 Å². The maximum atomic E-state index is 13.6. The Morgan fingerprint density at radius 3 is 2.90 bits per heavy atom. The van der Waals surface area contributed by atoms with Gasteiger partial charge in [-0.15, -0.1) is 0 Å². The van der Waals surface area contributed by atoms with Gasteiger partial charge in [0.15, 0.2) is 5.78 Å². The Balaban J connectivity index is 2.19. The maximum absolute atomic E-state index is 13.6. The lowest BCUT2D eigenvalue weighted by Gasteiger charge is -2.32. The summed E-state index contributed by atoms with van der Waals surface area (Å²) >= 11 is 0. The largest absolute Gasteiger partial charge is 0.294 e. The third-order valence-corrected chi connectivity index (χ3v) is 4.18. The fraction of sp³-hybridized carbons (Fsp3) is 0.353. The normalized spacial score (nSPS) is 25.2. The quantitative estimate of drug-likeness (QED) is 0.791. The SMILES string of the molecule is CC1=NC2=C(C(=O)CCC2)[C@H](c2cccc(F)c2)C1C#N. The van der Waals surface area contributed by atoms with Crippen LogP contribution < -0.4 is 0 Å². The van der Waals surface area contributed by atoms with E-state index in [4.69, 9.17) is 0 Å². The van der Waals surface area contributed by atoms with Crippen LogP contribution in [-0.4, -0.2) is 11.5 Å². The molecule has 3 rings (SSSR count). The topological polar surface area (TPSA) is 53.2 Å². The number of rotatable bonds is 1. The molecule has 0 fully saturated rings. The molecule has 0 aromatic heterocycles. The Kier molecular flexibility index (Phi) is 3.42. The maximum Gasteiger partial charge on any atom is 0.161 e. The monoisotopic (exact) mass is 282 g/mol. The average Bonchev–Trinajstić information content (AvgIpc) is 2.46. The summed E-state index contributed by atoms with van der Waals surface area (Å²) < 4.78 is 13.6. The molecule has 0 saturated heterocycles. The molecule has 2 aliphatic rings. The van der Waals surface area contributed by atoms with Crippen LogP contribution in [0, 0.1) is 23.1 Å². The number of Topliss-reactive ketones (excluding diaryl/α,β-unsaturated/α-hetero) is 1. The van der Waals surface area contributed by atoms with Crippen molar-refractivity contribution in [2.75, 3.05) is 0 Å². The van der Waals surface area contributed by atoms with Gasteiger partial charge in [0.25, 0.3) is 0 Å². The molecule has 1 aliphatic heterocycles. The first-order chi connectivity index (χ1) is 10.1. The summed E-state index contributed by atoms with van der Waals surface area (Å²) in [5, 5.41) is 9.48. The van der Waals surface area contributed by atoms with Gasteiger partial charge in [0.1, 0.15) is 5.82 Å². The second kappa shape index (κ2) is 5.25. The summed E-state index contributed by atoms with van der Waals surface area (Å²) in [4.78, 5) is 16.8. The highest BCUT2D eigenvalue weighted by molar-refractivity contribution is 6.02. The predicted molar refractivity (Wildman–Crippen MR) is 77.2 cm³/mol. The van der Waals surface area contributed by atoms with Gasteiger partial charge in [-0.1, -0.05) is 12.1 Å². The highest BCUT2D eigenvalue weighted by Crippen LogP contribution is 2.42. The van der Waals surface area contributed by atoms with Gasteiger partial charge >= 0.3 is 0 Å². The van der Waals surface area contributed by atoms with E-state index >= 15 is 0 Å². The van der Waals surface area contributed by atoms with Crippen LogP contribution >= 0.6 is 0 Å². The molecule has 106 valence electrons. The highest BCUT2D eigenvalue weighted by atomic mass is 19.1. The van der Waals surface area contributed by atoms with Gasteiger partial charge in [-0.2, -0.15) is 5.26 Å². The number of benzene rings is 1. The van der Waals surface area contributed by atoms with E-state index in [1.54, 1.807) is 12.1 Å². The zero-order chi connectivity index (χ0) is 15.0. The van der Waals surface area contributed by atoms with Gasteiger partial charge in [0, 0.05) is 29.3 Å². The first-order valence-corrected chi connectivity index (χ1v) is 7.08. The smallest absolute Gasteiger partial charge is 0.161 e. The molecule has 3 nitrogen and oxygen atoms in total. The Morgan fingerprint density at radius 2 is 2.19 bits per heavy atom. The van der Waals surface area contributed by atoms with E-state index < -0.39 is 11.8 Å². The molecule has 1 heterocycles. The molecular formula is C17H15FN2O. The summed E-state index contributed by atoms with van der Waals surface area (Å²) in [5.41, 5.74) is 2.78. The Hall–Kier alpha value is -2.28. The summed E-state index contributed by atoms with van der Waals surface area (Å²) in [5.74, 6) is -1.21. The van der Waals surface area contributed by atoms with Crippen LogP contribution in [0.2, 0.25) is 0 Å². The molecule has 0 bridgehead atoms. The zero-order valence-electron chi connectivity index (χ0n) is 11.8. The molecule has 0 amide bonds. The van der Waals surface area contributed by atoms with Crippen LogP contribution in [0.5, 0.6) is 0 Å². The van der Waals surface area contributed by atoms with Crippen LogP contribution in [0.4, 0.5) is 4.39 Å². The number of carbonyl (C=O) groups is 1. The van der Waals surface area contributed by atoms with Gasteiger partial charge in [-0.05, 0) is 37.5 Å². The molecule has 2 atom stereocenters. The number of allylic oxidation sites excluding steroid dienone is 2. The van der Waals surface area contributed by atoms with E-state index in [0.717, 1.165) is 18.5 Å². The summed E-state index contributed by atoms with van der Waals surface area (Å²) in [7, 11) is 0. The molecule has 0 N–H and O–H groups in total. The van der Waals surface area contributed by atoms with Gasteiger partial charge < -0.3 is 0 Å². The lowest BCUT2D eigenvalue weighted by Crippen LogP contribution is -2.30. The zero-order valence-corrected chi connectivity index (χ0v) is 11.8. The van der Waals surface area contributed by atoms with Crippen LogP contribution in [-0.2, 0) is 4.79 Å². The fourth-order valence-corrected chi connectivity index (χ4v) is 3.23. The minimum Gasteiger partial charge on any atom is -0.294 e. The van der Waals surface area contributed by atoms with Gasteiger partial charge in [0.2, 0.25) is 0 Å². The van der Waals surface area contributed by atoms with Crippen molar-refractivity contribution in [2.45, 2.75) is 32.1 Å². The minimum absolute atomic E-state index is 0.0435. The number of hydrogen-bond acceptors (Lipinski definition) is 3. The summed E-state index contributed by atoms with van der Waals surface area (Å²) in [6.45, 7) is 1.81. The van der Waals surface area contributed by atoms with E-state index in [2.05, 4.69) is 11.1 Å². The van der Waals surface area contributed by atoms with Crippen LogP contribution in [0.25, 0.3) is 0 Å². The molecule has 0 radical (unpaired) electrons. The van der Waals surface area contributed by atoms with E-state index in [9.17, 15) is 14.4 Å². The van der Waals surface area contributed by atoms with E-state index in [-0.39, 0.29) is 11.6 Å². The lowest BCUT2D eigenvalue weighted by atomic mass is 9.72. The predicted octanol–water partition coefficient (Wildman–Crippen LogP) is 3.53. The molecule has 1 aromatic rings. The number of ketones is 1. The van der Waals surface area contributed by atoms with Crippen LogP contribution in [0.1, 0.15) is 37.7 Å². The lowest BCUT2D eigenvalue weighted by molar-refractivity contribution is -0.116. The third-order valence-electron chi connectivity index (χ3n) is 4.18. The molecule has 1 aromatic carbocycles. The standard InChI is InChI=1S/C17H15FN2O/c1-10-13(9-19)16(11-4-2-5-12(18)8-11)17-14(20-10)6-3-7-15(17)21/h2,4-5,8,13,16H,3,6-7H2,1H3/t13?,16-/m1/s1. The highest BCUT2D eigenvalue weighted by Gasteiger charge is 2.38. The first kappa shape index (κ1) is 13.7. The van der Waals surface area contributed by atoms with Crippen molar-refractivity contribution in [1.82, 2.24) is 0 Å². The molecule has 0 saturated carbocycles. The second-order valence-electron chi connectivity index (χ2n) is 5.53.